The molecule has 382 valence electrons. The molecule has 3 amide bonds. The first-order valence-electron chi connectivity index (χ1n) is 27.0. The number of rotatable bonds is 13. The first-order valence-corrected chi connectivity index (χ1v) is 27.0. The number of aromatic nitrogens is 3. The molecule has 13 rings (SSSR count). The Kier molecular flexibility index (Phi) is 12.0. The topological polar surface area (TPSA) is 163 Å². The fourth-order valence-electron chi connectivity index (χ4n) is 13.4. The number of anilines is 2. The van der Waals surface area contributed by atoms with Crippen LogP contribution in [0, 0.1) is 17.2 Å². The van der Waals surface area contributed by atoms with E-state index in [1.54, 1.807) is 23.2 Å². The number of fused-ring (bicyclic) bond motifs is 5. The third kappa shape index (κ3) is 8.93. The maximum Gasteiger partial charge on any atom is 0.319 e. The number of likely N-dealkylation sites (tertiary alicyclic amines) is 1. The molecule has 1 aliphatic carbocycles. The molecule has 16 nitrogen and oxygen atoms in total. The van der Waals surface area contributed by atoms with Gasteiger partial charge in [-0.05, 0) is 117 Å². The van der Waals surface area contributed by atoms with Crippen LogP contribution in [0.15, 0.2) is 54.7 Å². The van der Waals surface area contributed by atoms with Crippen LogP contribution in [-0.2, 0) is 22.6 Å². The lowest BCUT2D eigenvalue weighted by Crippen LogP contribution is -2.57. The highest BCUT2D eigenvalue weighted by molar-refractivity contribution is 6.06. The van der Waals surface area contributed by atoms with Crippen molar-refractivity contribution in [1.82, 2.24) is 45.2 Å². The second kappa shape index (κ2) is 18.7. The first kappa shape index (κ1) is 46.8. The average molecular weight is 992 g/mol. The Morgan fingerprint density at radius 2 is 1.64 bits per heavy atom. The van der Waals surface area contributed by atoms with Crippen molar-refractivity contribution in [2.75, 3.05) is 94.9 Å². The maximum absolute atomic E-state index is 17.2. The third-order valence-corrected chi connectivity index (χ3v) is 17.7. The molecule has 7 aliphatic heterocycles. The molecule has 9 heterocycles. The molecule has 3 unspecified atom stereocenters. The monoisotopic (exact) mass is 992 g/mol. The van der Waals surface area contributed by atoms with Crippen LogP contribution in [0.4, 0.5) is 15.9 Å². The van der Waals surface area contributed by atoms with Crippen molar-refractivity contribution in [1.29, 1.82) is 0 Å². The van der Waals surface area contributed by atoms with Crippen molar-refractivity contribution >= 4 is 50.9 Å². The van der Waals surface area contributed by atoms with E-state index in [0.29, 0.717) is 65.9 Å². The zero-order valence-electron chi connectivity index (χ0n) is 41.8. The van der Waals surface area contributed by atoms with Gasteiger partial charge in [-0.1, -0.05) is 25.1 Å². The molecule has 0 radical (unpaired) electrons. The number of hydrogen-bond acceptors (Lipinski definition) is 14. The lowest BCUT2D eigenvalue weighted by Gasteiger charge is -2.46. The molecule has 73 heavy (non-hydrogen) atoms. The SMILES string of the molecule is CCc1cccc2cc(O)cc(-c3ncc4c(N5CC6CCC(C5)N6)nc(OCC5(CN6CCC(N7CCN(CC8CN(c9ccc%10c(c9)CN(C9CCC(=O)NC9=O)C%10=O)C8)CC7)CC6)CC5)nc4c3F)c12. The predicted octanol–water partition coefficient (Wildman–Crippen LogP) is 5.33. The molecular formula is C56H66FN11O5. The minimum Gasteiger partial charge on any atom is -0.508 e. The number of nitrogens with one attached hydrogen (secondary N) is 2. The van der Waals surface area contributed by atoms with Crippen LogP contribution >= 0.6 is 0 Å². The molecule has 17 heteroatoms. The van der Waals surface area contributed by atoms with Gasteiger partial charge in [0, 0.05) is 131 Å². The molecule has 3 aromatic carbocycles. The third-order valence-electron chi connectivity index (χ3n) is 17.7. The second-order valence-electron chi connectivity index (χ2n) is 22.6. The summed E-state index contributed by atoms with van der Waals surface area (Å²) in [4.78, 5) is 66.3. The normalized spacial score (nSPS) is 24.9. The summed E-state index contributed by atoms with van der Waals surface area (Å²) in [6, 6.07) is 16.3. The van der Waals surface area contributed by atoms with Crippen LogP contribution in [0.5, 0.6) is 11.8 Å². The van der Waals surface area contributed by atoms with Gasteiger partial charge in [-0.15, -0.1) is 0 Å². The zero-order valence-corrected chi connectivity index (χ0v) is 41.8. The number of carbonyl (C=O) groups is 3. The number of aryl methyl sites for hydroxylation is 1. The molecular weight excluding hydrogens is 926 g/mol. The molecule has 2 bridgehead atoms. The fourth-order valence-corrected chi connectivity index (χ4v) is 13.4. The van der Waals surface area contributed by atoms with Gasteiger partial charge in [0.15, 0.2) is 5.82 Å². The Hall–Kier alpha value is -6.01. The van der Waals surface area contributed by atoms with Gasteiger partial charge in [-0.3, -0.25) is 29.6 Å². The van der Waals surface area contributed by atoms with Crippen molar-refractivity contribution < 1.29 is 28.6 Å². The molecule has 3 atom stereocenters. The number of piperidine rings is 2. The number of piperazine rings is 2. The van der Waals surface area contributed by atoms with E-state index >= 15 is 4.39 Å². The average Bonchev–Trinajstić information content (AvgIpc) is 3.96. The van der Waals surface area contributed by atoms with E-state index < -0.39 is 11.9 Å². The van der Waals surface area contributed by atoms with Gasteiger partial charge < -0.3 is 39.7 Å². The van der Waals surface area contributed by atoms with Gasteiger partial charge in [0.25, 0.3) is 5.91 Å². The Labute approximate surface area is 425 Å². The number of nitrogens with zero attached hydrogens (tertiary/aromatic N) is 9. The number of carbonyl (C=O) groups excluding carboxylic acids is 3. The molecule has 6 saturated heterocycles. The lowest BCUT2D eigenvalue weighted by molar-refractivity contribution is -0.136. The van der Waals surface area contributed by atoms with Crippen LogP contribution in [0.1, 0.15) is 79.8 Å². The number of ether oxygens (including phenoxy) is 1. The smallest absolute Gasteiger partial charge is 0.319 e. The summed E-state index contributed by atoms with van der Waals surface area (Å²) < 4.78 is 23.8. The minimum absolute atomic E-state index is 0.0275. The predicted molar refractivity (Wildman–Crippen MR) is 276 cm³/mol. The largest absolute Gasteiger partial charge is 0.508 e. The maximum atomic E-state index is 17.2. The summed E-state index contributed by atoms with van der Waals surface area (Å²) in [5.74, 6) is 0.0308. The summed E-state index contributed by atoms with van der Waals surface area (Å²) >= 11 is 0. The quantitative estimate of drug-likeness (QED) is 0.130. The van der Waals surface area contributed by atoms with E-state index in [1.807, 2.05) is 30.3 Å². The Balaban J connectivity index is 0.608. The lowest BCUT2D eigenvalue weighted by atomic mass is 9.95. The van der Waals surface area contributed by atoms with Crippen LogP contribution < -0.4 is 25.2 Å². The van der Waals surface area contributed by atoms with E-state index in [1.165, 1.54) is 12.8 Å². The Bertz CT molecular complexity index is 2990. The number of pyridine rings is 1. The van der Waals surface area contributed by atoms with E-state index in [0.717, 1.165) is 138 Å². The van der Waals surface area contributed by atoms with Crippen LogP contribution in [-0.4, -0.2) is 167 Å². The number of halogens is 1. The number of amides is 3. The number of benzene rings is 3. The van der Waals surface area contributed by atoms with Crippen molar-refractivity contribution in [3.63, 3.8) is 0 Å². The van der Waals surface area contributed by atoms with Crippen LogP contribution in [0.25, 0.3) is 32.9 Å². The zero-order chi connectivity index (χ0) is 49.5. The standard InChI is InChI=1S/C56H66FN11O5/c1-2-35-4-3-5-36-23-42(69)24-44(48(35)36)50-49(57)51-45(25-58-50)52(67-30-38-6-7-39(31-67)59-38)62-55(61-51)73-33-56(14-15-56)32-64-16-12-40(13-17-64)65-20-18-63(19-21-65)26-34-27-66(28-34)41-8-9-43-37(22-41)29-68(54(43)72)46-10-11-47(70)60-53(46)71/h3-5,8-9,22-25,34,38-40,46,59,69H,2,6-7,10-21,26-33H2,1H3,(H,60,70,71). The molecule has 5 aromatic rings. The highest BCUT2D eigenvalue weighted by atomic mass is 19.1. The Morgan fingerprint density at radius 1 is 0.849 bits per heavy atom. The molecule has 2 aromatic heterocycles. The number of imide groups is 1. The highest BCUT2D eigenvalue weighted by Gasteiger charge is 2.46. The molecule has 8 aliphatic rings. The molecule has 3 N–H and O–H groups in total. The summed E-state index contributed by atoms with van der Waals surface area (Å²) in [7, 11) is 0. The number of phenols is 1. The molecule has 0 spiro atoms. The second-order valence-corrected chi connectivity index (χ2v) is 22.6. The van der Waals surface area contributed by atoms with Gasteiger partial charge >= 0.3 is 6.01 Å². The van der Waals surface area contributed by atoms with Crippen molar-refractivity contribution in [2.24, 2.45) is 11.3 Å². The van der Waals surface area contributed by atoms with Crippen molar-refractivity contribution in [2.45, 2.75) is 95.4 Å². The van der Waals surface area contributed by atoms with Crippen LogP contribution in [0.2, 0.25) is 0 Å². The number of aromatic hydroxyl groups is 1. The Morgan fingerprint density at radius 3 is 2.40 bits per heavy atom. The van der Waals surface area contributed by atoms with E-state index in [4.69, 9.17) is 19.7 Å². The summed E-state index contributed by atoms with van der Waals surface area (Å²) in [5, 5.41) is 19.2. The van der Waals surface area contributed by atoms with E-state index in [9.17, 15) is 19.5 Å². The minimum atomic E-state index is -0.596. The van der Waals surface area contributed by atoms with Gasteiger partial charge in [0.2, 0.25) is 11.8 Å². The van der Waals surface area contributed by atoms with Crippen molar-refractivity contribution in [3.8, 4) is 23.0 Å². The van der Waals surface area contributed by atoms with Crippen LogP contribution in [0.3, 0.4) is 0 Å². The fraction of sp³-hybridized carbons (Fsp3) is 0.536. The number of hydrogen-bond donors (Lipinski definition) is 3. The summed E-state index contributed by atoms with van der Waals surface area (Å²) in [6.45, 7) is 15.1. The van der Waals surface area contributed by atoms with E-state index in [-0.39, 0.29) is 52.5 Å². The molecule has 7 fully saturated rings. The van der Waals surface area contributed by atoms with Gasteiger partial charge in [-0.2, -0.15) is 9.97 Å². The van der Waals surface area contributed by atoms with Crippen molar-refractivity contribution in [3.05, 3.63) is 77.2 Å². The van der Waals surface area contributed by atoms with Gasteiger partial charge in [0.05, 0.1) is 12.0 Å². The summed E-state index contributed by atoms with van der Waals surface area (Å²) in [6.07, 6.45) is 9.81. The van der Waals surface area contributed by atoms with Gasteiger partial charge in [0.1, 0.15) is 28.8 Å². The molecule has 1 saturated carbocycles. The van der Waals surface area contributed by atoms with Gasteiger partial charge in [-0.25, -0.2) is 4.39 Å². The highest BCUT2D eigenvalue weighted by Crippen LogP contribution is 2.47. The summed E-state index contributed by atoms with van der Waals surface area (Å²) in [5.41, 5.74) is 4.73. The van der Waals surface area contributed by atoms with E-state index in [2.05, 4.69) is 48.1 Å². The number of phenolic OH excluding ortho intramolecular Hbond substituents is 1. The first-order chi connectivity index (χ1) is 35.5.